The van der Waals surface area contributed by atoms with Gasteiger partial charge in [0.15, 0.2) is 0 Å². The summed E-state index contributed by atoms with van der Waals surface area (Å²) >= 11 is 1.68. The van der Waals surface area contributed by atoms with Gasteiger partial charge in [-0.2, -0.15) is 0 Å². The SMILES string of the molecule is CC(C)(C)OC(=O)NC(CCOO)Cc1csc2ccccc12. The molecule has 0 spiro atoms. The van der Waals surface area contributed by atoms with E-state index in [1.807, 2.05) is 32.9 Å². The van der Waals surface area contributed by atoms with Gasteiger partial charge in [0, 0.05) is 10.7 Å². The van der Waals surface area contributed by atoms with E-state index in [1.165, 1.54) is 15.6 Å². The summed E-state index contributed by atoms with van der Waals surface area (Å²) in [5, 5.41) is 14.8. The molecule has 1 aromatic heterocycles. The summed E-state index contributed by atoms with van der Waals surface area (Å²) in [4.78, 5) is 16.2. The van der Waals surface area contributed by atoms with Gasteiger partial charge in [-0.15, -0.1) is 11.3 Å². The van der Waals surface area contributed by atoms with Crippen molar-refractivity contribution in [2.45, 2.75) is 45.3 Å². The third-order valence-electron chi connectivity index (χ3n) is 3.31. The van der Waals surface area contributed by atoms with Crippen LogP contribution in [0.4, 0.5) is 4.79 Å². The Morgan fingerprint density at radius 2 is 2.09 bits per heavy atom. The van der Waals surface area contributed by atoms with E-state index in [0.29, 0.717) is 12.8 Å². The summed E-state index contributed by atoms with van der Waals surface area (Å²) in [7, 11) is 0. The van der Waals surface area contributed by atoms with Gasteiger partial charge in [-0.05, 0) is 56.0 Å². The Hall–Kier alpha value is -1.63. The fourth-order valence-corrected chi connectivity index (χ4v) is 3.33. The van der Waals surface area contributed by atoms with E-state index in [2.05, 4.69) is 27.7 Å². The van der Waals surface area contributed by atoms with Crippen LogP contribution < -0.4 is 5.32 Å². The van der Waals surface area contributed by atoms with Crippen LogP contribution >= 0.6 is 11.3 Å². The van der Waals surface area contributed by atoms with Gasteiger partial charge in [0.05, 0.1) is 6.61 Å². The Bertz CT molecular complexity index is 647. The zero-order chi connectivity index (χ0) is 16.9. The zero-order valence-corrected chi connectivity index (χ0v) is 14.5. The molecule has 2 aromatic rings. The fraction of sp³-hybridized carbons (Fsp3) is 0.471. The van der Waals surface area contributed by atoms with Gasteiger partial charge in [0.25, 0.3) is 0 Å². The quantitative estimate of drug-likeness (QED) is 0.612. The Kier molecular flexibility index (Phi) is 5.98. The third-order valence-corrected chi connectivity index (χ3v) is 4.32. The summed E-state index contributed by atoms with van der Waals surface area (Å²) in [6.07, 6.45) is 0.701. The van der Waals surface area contributed by atoms with Gasteiger partial charge >= 0.3 is 6.09 Å². The van der Waals surface area contributed by atoms with Crippen LogP contribution in [0.1, 0.15) is 32.8 Å². The van der Waals surface area contributed by atoms with Gasteiger partial charge in [0.1, 0.15) is 5.60 Å². The van der Waals surface area contributed by atoms with Crippen LogP contribution in [0.5, 0.6) is 0 Å². The second-order valence-electron chi connectivity index (χ2n) is 6.43. The van der Waals surface area contributed by atoms with E-state index in [-0.39, 0.29) is 12.6 Å². The predicted octanol–water partition coefficient (Wildman–Crippen LogP) is 4.22. The number of amides is 1. The lowest BCUT2D eigenvalue weighted by molar-refractivity contribution is -0.243. The molecule has 0 aliphatic carbocycles. The van der Waals surface area contributed by atoms with Crippen LogP contribution in [0, 0.1) is 0 Å². The zero-order valence-electron chi connectivity index (χ0n) is 13.7. The molecule has 1 heterocycles. The number of rotatable bonds is 6. The number of hydrogen-bond acceptors (Lipinski definition) is 5. The van der Waals surface area contributed by atoms with Crippen molar-refractivity contribution >= 4 is 27.5 Å². The highest BCUT2D eigenvalue weighted by atomic mass is 32.1. The number of benzene rings is 1. The van der Waals surface area contributed by atoms with Gasteiger partial charge < -0.3 is 10.1 Å². The minimum Gasteiger partial charge on any atom is -0.444 e. The first kappa shape index (κ1) is 17.7. The maximum atomic E-state index is 12.0. The van der Waals surface area contributed by atoms with Crippen molar-refractivity contribution in [2.75, 3.05) is 6.61 Å². The number of carbonyl (C=O) groups is 1. The van der Waals surface area contributed by atoms with Crippen molar-refractivity contribution in [3.05, 3.63) is 35.2 Å². The summed E-state index contributed by atoms with van der Waals surface area (Å²) in [6, 6.07) is 8.00. The first-order valence-corrected chi connectivity index (χ1v) is 8.48. The first-order valence-electron chi connectivity index (χ1n) is 7.60. The highest BCUT2D eigenvalue weighted by Gasteiger charge is 2.20. The molecule has 0 bridgehead atoms. The van der Waals surface area contributed by atoms with E-state index >= 15 is 0 Å². The molecule has 6 heteroatoms. The van der Waals surface area contributed by atoms with Crippen LogP contribution in [0.2, 0.25) is 0 Å². The van der Waals surface area contributed by atoms with Crippen LogP contribution in [0.3, 0.4) is 0 Å². The molecule has 0 saturated heterocycles. The molecule has 1 aromatic carbocycles. The smallest absolute Gasteiger partial charge is 0.407 e. The molecule has 0 radical (unpaired) electrons. The average molecular weight is 337 g/mol. The second-order valence-corrected chi connectivity index (χ2v) is 7.34. The lowest BCUT2D eigenvalue weighted by Gasteiger charge is -2.23. The summed E-state index contributed by atoms with van der Waals surface area (Å²) < 4.78 is 6.52. The predicted molar refractivity (Wildman–Crippen MR) is 91.9 cm³/mol. The molecule has 0 fully saturated rings. The normalized spacial score (nSPS) is 13.0. The highest BCUT2D eigenvalue weighted by Crippen LogP contribution is 2.27. The number of thiophene rings is 1. The van der Waals surface area contributed by atoms with Crippen molar-refractivity contribution in [1.29, 1.82) is 0 Å². The van der Waals surface area contributed by atoms with Crippen molar-refractivity contribution in [2.24, 2.45) is 0 Å². The van der Waals surface area contributed by atoms with E-state index < -0.39 is 11.7 Å². The van der Waals surface area contributed by atoms with Crippen LogP contribution in [-0.2, 0) is 16.0 Å². The highest BCUT2D eigenvalue weighted by molar-refractivity contribution is 7.17. The first-order chi connectivity index (χ1) is 10.9. The van der Waals surface area contributed by atoms with Crippen LogP contribution in [0.25, 0.3) is 10.1 Å². The molecule has 0 aliphatic heterocycles. The van der Waals surface area contributed by atoms with E-state index in [0.717, 1.165) is 0 Å². The topological polar surface area (TPSA) is 67.8 Å². The monoisotopic (exact) mass is 337 g/mol. The lowest BCUT2D eigenvalue weighted by Crippen LogP contribution is -2.40. The molecule has 0 aliphatic rings. The van der Waals surface area contributed by atoms with Crippen molar-refractivity contribution < 1.29 is 19.7 Å². The van der Waals surface area contributed by atoms with Crippen molar-refractivity contribution in [1.82, 2.24) is 5.32 Å². The summed E-state index contributed by atoms with van der Waals surface area (Å²) in [5.74, 6) is 0. The number of alkyl carbamates (subject to hydrolysis) is 1. The molecule has 1 atom stereocenters. The molecule has 126 valence electrons. The molecule has 2 N–H and O–H groups in total. The molecule has 5 nitrogen and oxygen atoms in total. The fourth-order valence-electron chi connectivity index (χ4n) is 2.35. The molecular weight excluding hydrogens is 314 g/mol. The Morgan fingerprint density at radius 3 is 2.78 bits per heavy atom. The van der Waals surface area contributed by atoms with Gasteiger partial charge in [-0.25, -0.2) is 9.68 Å². The summed E-state index contributed by atoms with van der Waals surface area (Å²) in [6.45, 7) is 5.63. The molecular formula is C17H23NO4S. The van der Waals surface area contributed by atoms with Crippen LogP contribution in [-0.4, -0.2) is 29.6 Å². The minimum atomic E-state index is -0.544. The van der Waals surface area contributed by atoms with Gasteiger partial charge in [-0.3, -0.25) is 5.26 Å². The number of carbonyl (C=O) groups excluding carboxylic acids is 1. The maximum absolute atomic E-state index is 12.0. The van der Waals surface area contributed by atoms with Gasteiger partial charge in [-0.1, -0.05) is 18.2 Å². The molecule has 23 heavy (non-hydrogen) atoms. The number of nitrogens with one attached hydrogen (secondary N) is 1. The Balaban J connectivity index is 2.07. The molecule has 2 rings (SSSR count). The lowest BCUT2D eigenvalue weighted by atomic mass is 10.0. The third kappa shape index (κ3) is 5.49. The minimum absolute atomic E-state index is 0.155. The second kappa shape index (κ2) is 7.77. The Labute approximate surface area is 140 Å². The molecule has 0 saturated carbocycles. The largest absolute Gasteiger partial charge is 0.444 e. The van der Waals surface area contributed by atoms with E-state index in [9.17, 15) is 4.79 Å². The van der Waals surface area contributed by atoms with Gasteiger partial charge in [0.2, 0.25) is 0 Å². The van der Waals surface area contributed by atoms with Crippen molar-refractivity contribution in [3.63, 3.8) is 0 Å². The average Bonchev–Trinajstić information content (AvgIpc) is 2.86. The standard InChI is InChI=1S/C17H23NO4S/c1-17(2,3)22-16(19)18-13(8-9-21-20)10-12-11-23-15-7-5-4-6-14(12)15/h4-7,11,13,20H,8-10H2,1-3H3,(H,18,19). The van der Waals surface area contributed by atoms with Crippen molar-refractivity contribution in [3.8, 4) is 0 Å². The maximum Gasteiger partial charge on any atom is 0.407 e. The van der Waals surface area contributed by atoms with E-state index in [4.69, 9.17) is 9.99 Å². The number of hydrogen-bond donors (Lipinski definition) is 2. The van der Waals surface area contributed by atoms with Crippen LogP contribution in [0.15, 0.2) is 29.6 Å². The molecule has 1 unspecified atom stereocenters. The molecule has 1 amide bonds. The Morgan fingerprint density at radius 1 is 1.35 bits per heavy atom. The van der Waals surface area contributed by atoms with E-state index in [1.54, 1.807) is 11.3 Å². The summed E-state index contributed by atoms with van der Waals surface area (Å²) in [5.41, 5.74) is 0.626. The number of fused-ring (bicyclic) bond motifs is 1. The number of ether oxygens (including phenoxy) is 1.